The predicted molar refractivity (Wildman–Crippen MR) is 61.8 cm³/mol. The second-order valence-corrected chi connectivity index (χ2v) is 3.71. The fraction of sp³-hybridized carbons (Fsp3) is 0.417. The zero-order valence-corrected chi connectivity index (χ0v) is 9.56. The number of hydrogen-bond acceptors (Lipinski definition) is 3. The Kier molecular flexibility index (Phi) is 4.79. The van der Waals surface area contributed by atoms with E-state index in [4.69, 9.17) is 9.52 Å². The highest BCUT2D eigenvalue weighted by atomic mass is 16.3. The second-order valence-electron chi connectivity index (χ2n) is 3.71. The summed E-state index contributed by atoms with van der Waals surface area (Å²) in [7, 11) is 0. The van der Waals surface area contributed by atoms with Crippen LogP contribution in [0.4, 0.5) is 0 Å². The minimum Gasteiger partial charge on any atom is -0.462 e. The van der Waals surface area contributed by atoms with E-state index in [1.807, 2.05) is 13.0 Å². The molecular weight excluding hydrogens is 206 g/mol. The molecule has 0 aliphatic rings. The van der Waals surface area contributed by atoms with Crippen LogP contribution in [-0.2, 0) is 4.79 Å². The number of nitrogens with one attached hydrogen (secondary N) is 1. The Morgan fingerprint density at radius 3 is 2.94 bits per heavy atom. The van der Waals surface area contributed by atoms with Crippen molar-refractivity contribution in [1.29, 1.82) is 0 Å². The van der Waals surface area contributed by atoms with E-state index in [-0.39, 0.29) is 5.91 Å². The van der Waals surface area contributed by atoms with Gasteiger partial charge in [-0.2, -0.15) is 0 Å². The van der Waals surface area contributed by atoms with Gasteiger partial charge in [0, 0.05) is 12.6 Å². The van der Waals surface area contributed by atoms with E-state index in [1.165, 1.54) is 6.08 Å². The van der Waals surface area contributed by atoms with E-state index in [0.29, 0.717) is 18.7 Å². The van der Waals surface area contributed by atoms with Crippen LogP contribution < -0.4 is 5.32 Å². The van der Waals surface area contributed by atoms with E-state index in [1.54, 1.807) is 19.1 Å². The molecule has 1 heterocycles. The van der Waals surface area contributed by atoms with Crippen molar-refractivity contribution in [3.63, 3.8) is 0 Å². The number of carbonyl (C=O) groups excluding carboxylic acids is 1. The van der Waals surface area contributed by atoms with Gasteiger partial charge in [0.1, 0.15) is 11.5 Å². The minimum atomic E-state index is -0.392. The summed E-state index contributed by atoms with van der Waals surface area (Å²) in [6, 6.07) is 3.64. The third-order valence-corrected chi connectivity index (χ3v) is 2.02. The highest BCUT2D eigenvalue weighted by Crippen LogP contribution is 2.07. The Hall–Kier alpha value is -1.55. The molecule has 1 aromatic heterocycles. The van der Waals surface area contributed by atoms with E-state index < -0.39 is 6.10 Å². The summed E-state index contributed by atoms with van der Waals surface area (Å²) >= 11 is 0. The largest absolute Gasteiger partial charge is 0.462 e. The van der Waals surface area contributed by atoms with Crippen molar-refractivity contribution in [1.82, 2.24) is 5.32 Å². The lowest BCUT2D eigenvalue weighted by atomic mass is 10.3. The van der Waals surface area contributed by atoms with Gasteiger partial charge in [-0.3, -0.25) is 4.79 Å². The molecule has 4 heteroatoms. The first kappa shape index (κ1) is 12.5. The van der Waals surface area contributed by atoms with Gasteiger partial charge < -0.3 is 14.8 Å². The average Bonchev–Trinajstić information content (AvgIpc) is 2.61. The van der Waals surface area contributed by atoms with E-state index in [0.717, 1.165) is 5.76 Å². The van der Waals surface area contributed by atoms with Gasteiger partial charge in [-0.05, 0) is 38.5 Å². The van der Waals surface area contributed by atoms with Crippen LogP contribution in [0.3, 0.4) is 0 Å². The van der Waals surface area contributed by atoms with Crippen LogP contribution in [0.15, 0.2) is 22.6 Å². The third-order valence-electron chi connectivity index (χ3n) is 2.02. The van der Waals surface area contributed by atoms with Crippen molar-refractivity contribution in [2.75, 3.05) is 6.54 Å². The zero-order valence-electron chi connectivity index (χ0n) is 9.56. The van der Waals surface area contributed by atoms with Crippen LogP contribution in [0.2, 0.25) is 0 Å². The number of aliphatic hydroxyl groups excluding tert-OH is 1. The monoisotopic (exact) mass is 223 g/mol. The molecule has 1 unspecified atom stereocenters. The molecule has 0 fully saturated rings. The number of rotatable bonds is 5. The van der Waals surface area contributed by atoms with E-state index in [2.05, 4.69) is 5.32 Å². The van der Waals surface area contributed by atoms with Gasteiger partial charge in [0.2, 0.25) is 5.91 Å². The summed E-state index contributed by atoms with van der Waals surface area (Å²) in [5.74, 6) is 1.28. The molecule has 0 bridgehead atoms. The number of amides is 1. The van der Waals surface area contributed by atoms with Gasteiger partial charge in [-0.25, -0.2) is 0 Å². The summed E-state index contributed by atoms with van der Waals surface area (Å²) in [5, 5.41) is 11.7. The maximum absolute atomic E-state index is 11.3. The summed E-state index contributed by atoms with van der Waals surface area (Å²) in [4.78, 5) is 11.3. The highest BCUT2D eigenvalue weighted by molar-refractivity contribution is 5.91. The Morgan fingerprint density at radius 2 is 2.38 bits per heavy atom. The summed E-state index contributed by atoms with van der Waals surface area (Å²) in [5.41, 5.74) is 0. The first-order valence-electron chi connectivity index (χ1n) is 5.28. The first-order chi connectivity index (χ1) is 7.58. The van der Waals surface area contributed by atoms with Gasteiger partial charge >= 0.3 is 0 Å². The van der Waals surface area contributed by atoms with Gasteiger partial charge in [0.25, 0.3) is 0 Å². The summed E-state index contributed by atoms with van der Waals surface area (Å²) in [6.07, 6.45) is 3.20. The molecule has 2 N–H and O–H groups in total. The summed E-state index contributed by atoms with van der Waals surface area (Å²) in [6.45, 7) is 4.01. The molecule has 0 aromatic carbocycles. The molecule has 1 amide bonds. The normalized spacial score (nSPS) is 12.9. The van der Waals surface area contributed by atoms with Crippen LogP contribution >= 0.6 is 0 Å². The standard InChI is InChI=1S/C12H17NO3/c1-9(14)7-8-13-12(15)6-5-11-4-3-10(2)16-11/h3-6,9,14H,7-8H2,1-2H3,(H,13,15). The van der Waals surface area contributed by atoms with Crippen molar-refractivity contribution in [2.24, 2.45) is 0 Å². The molecule has 1 atom stereocenters. The molecule has 16 heavy (non-hydrogen) atoms. The molecule has 0 saturated carbocycles. The maximum atomic E-state index is 11.3. The van der Waals surface area contributed by atoms with Crippen LogP contribution in [0, 0.1) is 6.92 Å². The minimum absolute atomic E-state index is 0.185. The Balaban J connectivity index is 2.31. The van der Waals surface area contributed by atoms with Crippen LogP contribution in [0.5, 0.6) is 0 Å². The highest BCUT2D eigenvalue weighted by Gasteiger charge is 1.99. The lowest BCUT2D eigenvalue weighted by molar-refractivity contribution is -0.116. The van der Waals surface area contributed by atoms with Crippen LogP contribution in [0.1, 0.15) is 24.9 Å². The molecule has 0 saturated heterocycles. The molecular formula is C12H17NO3. The second kappa shape index (κ2) is 6.12. The quantitative estimate of drug-likeness (QED) is 0.743. The molecule has 1 rings (SSSR count). The zero-order chi connectivity index (χ0) is 12.0. The first-order valence-corrected chi connectivity index (χ1v) is 5.28. The van der Waals surface area contributed by atoms with Gasteiger partial charge in [-0.1, -0.05) is 0 Å². The molecule has 88 valence electrons. The summed E-state index contributed by atoms with van der Waals surface area (Å²) < 4.78 is 5.27. The topological polar surface area (TPSA) is 62.5 Å². The predicted octanol–water partition coefficient (Wildman–Crippen LogP) is 1.49. The smallest absolute Gasteiger partial charge is 0.244 e. The van der Waals surface area contributed by atoms with Crippen molar-refractivity contribution >= 4 is 12.0 Å². The average molecular weight is 223 g/mol. The van der Waals surface area contributed by atoms with E-state index >= 15 is 0 Å². The number of carbonyl (C=O) groups is 1. The number of aliphatic hydroxyl groups is 1. The van der Waals surface area contributed by atoms with Crippen LogP contribution in [0.25, 0.3) is 6.08 Å². The van der Waals surface area contributed by atoms with Gasteiger partial charge in [-0.15, -0.1) is 0 Å². The van der Waals surface area contributed by atoms with Crippen molar-refractivity contribution < 1.29 is 14.3 Å². The molecule has 0 aliphatic heterocycles. The number of hydrogen-bond donors (Lipinski definition) is 2. The maximum Gasteiger partial charge on any atom is 0.244 e. The Labute approximate surface area is 95.0 Å². The molecule has 4 nitrogen and oxygen atoms in total. The van der Waals surface area contributed by atoms with Crippen molar-refractivity contribution in [3.8, 4) is 0 Å². The van der Waals surface area contributed by atoms with Crippen LogP contribution in [-0.4, -0.2) is 23.7 Å². The van der Waals surface area contributed by atoms with Crippen molar-refractivity contribution in [2.45, 2.75) is 26.4 Å². The third kappa shape index (κ3) is 4.79. The molecule has 0 spiro atoms. The lowest BCUT2D eigenvalue weighted by Gasteiger charge is -2.03. The lowest BCUT2D eigenvalue weighted by Crippen LogP contribution is -2.24. The van der Waals surface area contributed by atoms with E-state index in [9.17, 15) is 4.79 Å². The fourth-order valence-corrected chi connectivity index (χ4v) is 1.16. The Morgan fingerprint density at radius 1 is 1.62 bits per heavy atom. The van der Waals surface area contributed by atoms with Crippen molar-refractivity contribution in [3.05, 3.63) is 29.7 Å². The SMILES string of the molecule is Cc1ccc(C=CC(=O)NCCC(C)O)o1. The number of aryl methyl sites for hydroxylation is 1. The fourth-order valence-electron chi connectivity index (χ4n) is 1.16. The molecule has 0 aliphatic carbocycles. The Bertz CT molecular complexity index is 366. The number of furan rings is 1. The molecule has 1 aromatic rings. The van der Waals surface area contributed by atoms with Gasteiger partial charge in [0.15, 0.2) is 0 Å². The van der Waals surface area contributed by atoms with Gasteiger partial charge in [0.05, 0.1) is 6.10 Å². The molecule has 0 radical (unpaired) electrons.